The monoisotopic (exact) mass is 1030 g/mol. The first-order valence-electron chi connectivity index (χ1n) is 18.2. The highest BCUT2D eigenvalue weighted by molar-refractivity contribution is 9.10. The molecule has 19 heteroatoms. The zero-order valence-corrected chi connectivity index (χ0v) is 40.7. The van der Waals surface area contributed by atoms with E-state index in [9.17, 15) is 30.0 Å². The minimum atomic E-state index is -1.53. The Labute approximate surface area is 394 Å². The number of nitrogens with one attached hydrogen (secondary N) is 1. The Morgan fingerprint density at radius 3 is 1.62 bits per heavy atom. The molecule has 4 atom stereocenters. The number of ether oxygens (including phenoxy) is 4. The molecule has 0 radical (unpaired) electrons. The first-order chi connectivity index (χ1) is 26.7. The number of aromatic nitrogens is 2. The van der Waals surface area contributed by atoms with Crippen LogP contribution in [0.5, 0.6) is 23.5 Å². The molecule has 4 aromatic rings. The van der Waals surface area contributed by atoms with Crippen molar-refractivity contribution in [3.8, 4) is 34.6 Å². The van der Waals surface area contributed by atoms with Crippen LogP contribution < -0.4 is 24.3 Å². The maximum Gasteiger partial charge on any atom is 0.326 e. The van der Waals surface area contributed by atoms with Crippen LogP contribution >= 0.6 is 85.8 Å². The van der Waals surface area contributed by atoms with E-state index >= 15 is 0 Å². The van der Waals surface area contributed by atoms with Crippen LogP contribution in [0.25, 0.3) is 11.1 Å². The maximum atomic E-state index is 11.7. The summed E-state index contributed by atoms with van der Waals surface area (Å²) in [4.78, 5) is 32.7. The molecule has 5 N–H and O–H groups in total. The minimum absolute atomic E-state index is 0. The quantitative estimate of drug-likeness (QED) is 0.0715. The Kier molecular flexibility index (Phi) is 19.9. The van der Waals surface area contributed by atoms with E-state index in [1.54, 1.807) is 6.07 Å². The van der Waals surface area contributed by atoms with Crippen molar-refractivity contribution in [1.82, 2.24) is 15.3 Å². The van der Waals surface area contributed by atoms with Gasteiger partial charge < -0.3 is 39.4 Å². The fraction of sp³-hybridized carbons (Fsp3) is 0.415. The summed E-state index contributed by atoms with van der Waals surface area (Å²) < 4.78 is 25.4. The van der Waals surface area contributed by atoms with E-state index in [0.29, 0.717) is 44.1 Å². The molecular formula is C41H53Br2N3O10S4. The predicted molar refractivity (Wildman–Crippen MR) is 255 cm³/mol. The van der Waals surface area contributed by atoms with Gasteiger partial charge in [-0.2, -0.15) is 64.0 Å². The number of hydrogen-bond donors (Lipinski definition) is 5. The van der Waals surface area contributed by atoms with E-state index in [4.69, 9.17) is 18.9 Å². The number of carboxylic acids is 2. The number of carboxylic acid groups (broad SMARTS) is 2. The molecule has 330 valence electrons. The van der Waals surface area contributed by atoms with Gasteiger partial charge in [-0.3, -0.25) is 14.9 Å². The number of fused-ring (bicyclic) bond motifs is 2. The van der Waals surface area contributed by atoms with Gasteiger partial charge in [-0.05, 0) is 130 Å². The van der Waals surface area contributed by atoms with E-state index in [0.717, 1.165) is 47.9 Å². The molecule has 0 spiro atoms. The summed E-state index contributed by atoms with van der Waals surface area (Å²) in [7, 11) is 3.00. The van der Waals surface area contributed by atoms with Crippen LogP contribution in [-0.4, -0.2) is 75.3 Å². The molecule has 0 amide bonds. The lowest BCUT2D eigenvalue weighted by Crippen LogP contribution is -2.52. The highest BCUT2D eigenvalue weighted by Gasteiger charge is 2.35. The van der Waals surface area contributed by atoms with Gasteiger partial charge in [-0.15, -0.1) is 0 Å². The molecule has 0 fully saturated rings. The summed E-state index contributed by atoms with van der Waals surface area (Å²) >= 11 is 7.20. The number of nitrogens with zero attached hydrogens (tertiary/aromatic N) is 2. The maximum absolute atomic E-state index is 11.7. The molecule has 0 bridgehead atoms. The second-order valence-corrected chi connectivity index (χ2v) is 16.3. The third-order valence-electron chi connectivity index (χ3n) is 10.9. The van der Waals surface area contributed by atoms with Crippen LogP contribution in [0.2, 0.25) is 0 Å². The van der Waals surface area contributed by atoms with Gasteiger partial charge >= 0.3 is 11.9 Å². The molecule has 0 unspecified atom stereocenters. The van der Waals surface area contributed by atoms with Crippen molar-refractivity contribution in [3.63, 3.8) is 0 Å². The molecular weight excluding hydrogens is 983 g/mol. The average Bonchev–Trinajstić information content (AvgIpc) is 3.81. The molecule has 6 rings (SSSR count). The van der Waals surface area contributed by atoms with Crippen molar-refractivity contribution >= 4 is 97.8 Å². The first kappa shape index (κ1) is 53.3. The van der Waals surface area contributed by atoms with Gasteiger partial charge in [0.2, 0.25) is 23.5 Å². The van der Waals surface area contributed by atoms with Gasteiger partial charge in [-0.25, -0.2) is 0 Å². The second-order valence-electron chi connectivity index (χ2n) is 14.6. The summed E-state index contributed by atoms with van der Waals surface area (Å²) in [5, 5.41) is 41.3. The van der Waals surface area contributed by atoms with Gasteiger partial charge in [0.1, 0.15) is 17.7 Å². The fourth-order valence-corrected chi connectivity index (χ4v) is 8.13. The topological polar surface area (TPSA) is 190 Å². The molecule has 2 aliphatic rings. The summed E-state index contributed by atoms with van der Waals surface area (Å²) in [6.07, 6.45) is 3.14. The number of benzene rings is 2. The SMILES string of the molecule is COc1nc(O[C@H]2CCc3c(-c4cccc5c4CC[C@@H]5Oc4nc(OC)c(CN[C@@](C)(CO)C(=O)O)cc4Br)cccc32)c(Br)cc1CC[C@@](C)(CO)C(=O)O.S.S.S.S. The number of aliphatic carboxylic acids is 2. The van der Waals surface area contributed by atoms with Crippen molar-refractivity contribution in [3.05, 3.63) is 90.9 Å². The Bertz CT molecular complexity index is 2010. The summed E-state index contributed by atoms with van der Waals surface area (Å²) in [6.45, 7) is 1.95. The number of carbonyl (C=O) groups is 2. The lowest BCUT2D eigenvalue weighted by Gasteiger charge is -2.24. The smallest absolute Gasteiger partial charge is 0.326 e. The number of methoxy groups -OCH3 is 2. The van der Waals surface area contributed by atoms with Gasteiger partial charge in [-0.1, -0.05) is 36.4 Å². The Morgan fingerprint density at radius 2 is 1.20 bits per heavy atom. The Morgan fingerprint density at radius 1 is 0.733 bits per heavy atom. The molecule has 0 aliphatic heterocycles. The van der Waals surface area contributed by atoms with E-state index in [1.807, 2.05) is 18.2 Å². The normalized spacial score (nSPS) is 16.8. The lowest BCUT2D eigenvalue weighted by atomic mass is 9.85. The summed E-state index contributed by atoms with van der Waals surface area (Å²) in [6, 6.07) is 16.2. The molecule has 60 heavy (non-hydrogen) atoms. The van der Waals surface area contributed by atoms with E-state index < -0.39 is 36.1 Å². The van der Waals surface area contributed by atoms with Crippen LogP contribution in [0.4, 0.5) is 0 Å². The number of aliphatic hydroxyl groups excluding tert-OH is 2. The van der Waals surface area contributed by atoms with Gasteiger partial charge in [0, 0.05) is 17.7 Å². The summed E-state index contributed by atoms with van der Waals surface area (Å²) in [5.41, 5.74) is 5.36. The highest BCUT2D eigenvalue weighted by Crippen LogP contribution is 2.46. The van der Waals surface area contributed by atoms with E-state index in [1.165, 1.54) is 39.2 Å². The van der Waals surface area contributed by atoms with Crippen LogP contribution in [0.15, 0.2) is 57.5 Å². The predicted octanol–water partition coefficient (Wildman–Crippen LogP) is 7.21. The van der Waals surface area contributed by atoms with Crippen LogP contribution in [0, 0.1) is 5.41 Å². The number of hydrogen-bond acceptors (Lipinski definition) is 11. The zero-order chi connectivity index (χ0) is 40.4. The number of aliphatic hydroxyl groups is 2. The fourth-order valence-electron chi connectivity index (χ4n) is 7.22. The first-order valence-corrected chi connectivity index (χ1v) is 19.8. The average molecular weight is 1040 g/mol. The summed E-state index contributed by atoms with van der Waals surface area (Å²) in [5.74, 6) is -0.885. The van der Waals surface area contributed by atoms with E-state index in [2.05, 4.69) is 71.4 Å². The van der Waals surface area contributed by atoms with Gasteiger partial charge in [0.15, 0.2) is 0 Å². The number of halogens is 2. The molecule has 2 aromatic heterocycles. The largest absolute Gasteiger partial charge is 0.481 e. The van der Waals surface area contributed by atoms with Gasteiger partial charge in [0.05, 0.1) is 41.8 Å². The number of rotatable bonds is 17. The Hall–Kier alpha value is -2.88. The lowest BCUT2D eigenvalue weighted by molar-refractivity contribution is -0.150. The minimum Gasteiger partial charge on any atom is -0.481 e. The van der Waals surface area contributed by atoms with Crippen molar-refractivity contribution in [2.45, 2.75) is 76.7 Å². The van der Waals surface area contributed by atoms with Crippen LogP contribution in [0.1, 0.15) is 78.7 Å². The van der Waals surface area contributed by atoms with Crippen LogP contribution in [0.3, 0.4) is 0 Å². The number of aryl methyl sites for hydroxylation is 1. The van der Waals surface area contributed by atoms with Crippen molar-refractivity contribution < 1.29 is 49.0 Å². The molecule has 13 nitrogen and oxygen atoms in total. The van der Waals surface area contributed by atoms with Crippen LogP contribution in [-0.2, 0) is 35.4 Å². The third kappa shape index (κ3) is 11.0. The molecule has 2 aromatic carbocycles. The molecule has 2 heterocycles. The second kappa shape index (κ2) is 22.5. The highest BCUT2D eigenvalue weighted by atomic mass is 79.9. The van der Waals surface area contributed by atoms with Crippen molar-refractivity contribution in [2.75, 3.05) is 27.4 Å². The van der Waals surface area contributed by atoms with Gasteiger partial charge in [0.25, 0.3) is 0 Å². The Balaban J connectivity index is 0.00000310. The molecule has 0 saturated heterocycles. The zero-order valence-electron chi connectivity index (χ0n) is 33.5. The molecule has 0 saturated carbocycles. The standard InChI is InChI=1S/C41H45Br2N3O10.4H2S/c1-40(20-47,38(49)50)16-15-22-17-30(42)36(45-34(22)53-3)55-32-13-11-26-24(7-5-9-28(26)32)25-8-6-10-29-27(25)12-14-33(29)56-37-31(43)18-23(35(46-37)54-4)19-44-41(2,21-48)39(51)52;;;;/h5-10,17-18,32-33,44,47-48H,11-16,19-21H2,1-4H3,(H,49,50)(H,51,52);4*1H2/t32-,33-,40-,41-;;;;/m0..../s1. The third-order valence-corrected chi connectivity index (χ3v) is 12.0. The van der Waals surface area contributed by atoms with Crippen molar-refractivity contribution in [2.24, 2.45) is 5.41 Å². The number of pyridine rings is 2. The van der Waals surface area contributed by atoms with E-state index in [-0.39, 0.29) is 85.0 Å². The van der Waals surface area contributed by atoms with Crippen molar-refractivity contribution in [1.29, 1.82) is 0 Å². The molecule has 2 aliphatic carbocycles.